The van der Waals surface area contributed by atoms with E-state index >= 15 is 0 Å². The Labute approximate surface area is 158 Å². The largest absolute Gasteiger partial charge is 0.325 e. The average Bonchev–Trinajstić information content (AvgIpc) is 3.13. The molecule has 0 radical (unpaired) electrons. The molecule has 3 rings (SSSR count). The first-order valence-corrected chi connectivity index (χ1v) is 9.71. The molecule has 5 nitrogen and oxygen atoms in total. The maximum absolute atomic E-state index is 13.0. The Hall–Kier alpha value is -2.21. The van der Waals surface area contributed by atoms with Crippen LogP contribution in [0.15, 0.2) is 29.6 Å². The highest BCUT2D eigenvalue weighted by Crippen LogP contribution is 2.32. The van der Waals surface area contributed by atoms with Gasteiger partial charge in [0.1, 0.15) is 5.54 Å². The van der Waals surface area contributed by atoms with E-state index in [2.05, 4.69) is 31.1 Å². The Kier molecular flexibility index (Phi) is 4.65. The summed E-state index contributed by atoms with van der Waals surface area (Å²) in [6.45, 7) is 10.4. The molecule has 0 spiro atoms. The van der Waals surface area contributed by atoms with Gasteiger partial charge in [0.25, 0.3) is 5.91 Å². The van der Waals surface area contributed by atoms with Crippen LogP contribution in [-0.4, -0.2) is 21.8 Å². The minimum atomic E-state index is -1.04. The van der Waals surface area contributed by atoms with Gasteiger partial charge in [-0.15, -0.1) is 11.3 Å². The molecule has 0 saturated carbocycles. The van der Waals surface area contributed by atoms with Gasteiger partial charge < -0.3 is 5.32 Å². The average molecular weight is 372 g/mol. The standard InChI is InChI=1S/C20H25N3O2S/c1-6-16-21-15(12-26-16)11-23-17(24)20(5,22-18(23)25)14-9-7-13(8-10-14)19(2,3)4/h7-10,12H,6,11H2,1-5H3,(H,22,25). The molecule has 1 N–H and O–H groups in total. The lowest BCUT2D eigenvalue weighted by atomic mass is 9.84. The third-order valence-electron chi connectivity index (χ3n) is 4.83. The fourth-order valence-corrected chi connectivity index (χ4v) is 3.82. The van der Waals surface area contributed by atoms with Crippen molar-refractivity contribution in [2.45, 2.75) is 58.5 Å². The van der Waals surface area contributed by atoms with Crippen molar-refractivity contribution in [3.8, 4) is 0 Å². The van der Waals surface area contributed by atoms with Crippen LogP contribution < -0.4 is 5.32 Å². The van der Waals surface area contributed by atoms with Crippen molar-refractivity contribution in [2.24, 2.45) is 0 Å². The number of aryl methyl sites for hydroxylation is 1. The predicted octanol–water partition coefficient (Wildman–Crippen LogP) is 3.97. The number of nitrogens with zero attached hydrogens (tertiary/aromatic N) is 2. The van der Waals surface area contributed by atoms with Crippen molar-refractivity contribution in [3.05, 3.63) is 51.5 Å². The summed E-state index contributed by atoms with van der Waals surface area (Å²) in [4.78, 5) is 31.2. The zero-order valence-corrected chi connectivity index (χ0v) is 16.7. The second kappa shape index (κ2) is 6.50. The summed E-state index contributed by atoms with van der Waals surface area (Å²) in [6.07, 6.45) is 0.850. The quantitative estimate of drug-likeness (QED) is 0.827. The smallest absolute Gasteiger partial charge is 0.319 e. The minimum absolute atomic E-state index is 0.0377. The number of nitrogens with one attached hydrogen (secondary N) is 1. The molecular weight excluding hydrogens is 346 g/mol. The van der Waals surface area contributed by atoms with Gasteiger partial charge in [-0.05, 0) is 29.9 Å². The van der Waals surface area contributed by atoms with Crippen LogP contribution in [0.3, 0.4) is 0 Å². The summed E-state index contributed by atoms with van der Waals surface area (Å²) in [6, 6.07) is 7.54. The number of hydrogen-bond acceptors (Lipinski definition) is 4. The molecule has 26 heavy (non-hydrogen) atoms. The maximum atomic E-state index is 13.0. The number of urea groups is 1. The van der Waals surface area contributed by atoms with Crippen molar-refractivity contribution >= 4 is 23.3 Å². The molecule has 138 valence electrons. The number of benzene rings is 1. The second-order valence-corrected chi connectivity index (χ2v) is 8.80. The van der Waals surface area contributed by atoms with Crippen LogP contribution in [0.4, 0.5) is 4.79 Å². The van der Waals surface area contributed by atoms with E-state index < -0.39 is 5.54 Å². The third-order valence-corrected chi connectivity index (χ3v) is 5.87. The Bertz CT molecular complexity index is 835. The van der Waals surface area contributed by atoms with Gasteiger partial charge in [0.05, 0.1) is 17.2 Å². The second-order valence-electron chi connectivity index (χ2n) is 7.86. The zero-order valence-electron chi connectivity index (χ0n) is 15.9. The third kappa shape index (κ3) is 3.26. The SMILES string of the molecule is CCc1nc(CN2C(=O)NC(C)(c3ccc(C(C)(C)C)cc3)C2=O)cs1. The van der Waals surface area contributed by atoms with Gasteiger partial charge in [-0.1, -0.05) is 52.0 Å². The van der Waals surface area contributed by atoms with Crippen molar-refractivity contribution in [3.63, 3.8) is 0 Å². The van der Waals surface area contributed by atoms with Gasteiger partial charge >= 0.3 is 6.03 Å². The van der Waals surface area contributed by atoms with Gasteiger partial charge in [0.2, 0.25) is 0 Å². The number of amides is 3. The molecule has 1 saturated heterocycles. The fourth-order valence-electron chi connectivity index (χ4n) is 3.09. The maximum Gasteiger partial charge on any atom is 0.325 e. The summed E-state index contributed by atoms with van der Waals surface area (Å²) in [5.41, 5.74) is 1.72. The highest BCUT2D eigenvalue weighted by molar-refractivity contribution is 7.09. The summed E-state index contributed by atoms with van der Waals surface area (Å²) < 4.78 is 0. The monoisotopic (exact) mass is 371 g/mol. The molecule has 0 aliphatic carbocycles. The first kappa shape index (κ1) is 18.6. The molecule has 1 aliphatic rings. The van der Waals surface area contributed by atoms with Crippen LogP contribution in [0.25, 0.3) is 0 Å². The van der Waals surface area contributed by atoms with Gasteiger partial charge in [-0.25, -0.2) is 9.78 Å². The van der Waals surface area contributed by atoms with Crippen molar-refractivity contribution in [1.82, 2.24) is 15.2 Å². The summed E-state index contributed by atoms with van der Waals surface area (Å²) in [5.74, 6) is -0.239. The molecule has 1 atom stereocenters. The molecule has 3 amide bonds. The Balaban J connectivity index is 1.84. The number of rotatable bonds is 4. The number of carbonyl (C=O) groups excluding carboxylic acids is 2. The van der Waals surface area contributed by atoms with Crippen molar-refractivity contribution < 1.29 is 9.59 Å². The topological polar surface area (TPSA) is 62.3 Å². The molecule has 2 aromatic rings. The number of imide groups is 1. The van der Waals surface area contributed by atoms with Crippen LogP contribution in [0, 0.1) is 0 Å². The van der Waals surface area contributed by atoms with Crippen LogP contribution in [0.5, 0.6) is 0 Å². The molecule has 0 bridgehead atoms. The lowest BCUT2D eigenvalue weighted by molar-refractivity contribution is -0.131. The van der Waals surface area contributed by atoms with E-state index in [1.807, 2.05) is 36.6 Å². The summed E-state index contributed by atoms with van der Waals surface area (Å²) in [7, 11) is 0. The molecule has 1 unspecified atom stereocenters. The van der Waals surface area contributed by atoms with Crippen molar-refractivity contribution in [1.29, 1.82) is 0 Å². The van der Waals surface area contributed by atoms with Gasteiger partial charge in [0, 0.05) is 5.38 Å². The highest BCUT2D eigenvalue weighted by atomic mass is 32.1. The predicted molar refractivity (Wildman–Crippen MR) is 103 cm³/mol. The van der Waals surface area contributed by atoms with E-state index in [1.54, 1.807) is 18.3 Å². The number of carbonyl (C=O) groups is 2. The molecule has 1 aliphatic heterocycles. The lowest BCUT2D eigenvalue weighted by Gasteiger charge is -2.24. The molecule has 1 aromatic carbocycles. The lowest BCUT2D eigenvalue weighted by Crippen LogP contribution is -2.40. The Morgan fingerprint density at radius 2 is 1.85 bits per heavy atom. The van der Waals surface area contributed by atoms with E-state index in [9.17, 15) is 9.59 Å². The molecule has 1 aromatic heterocycles. The molecular formula is C20H25N3O2S. The first-order valence-electron chi connectivity index (χ1n) is 8.83. The van der Waals surface area contributed by atoms with Crippen LogP contribution in [0.1, 0.15) is 56.4 Å². The molecule has 2 heterocycles. The van der Waals surface area contributed by atoms with Crippen LogP contribution >= 0.6 is 11.3 Å². The van der Waals surface area contributed by atoms with E-state index in [-0.39, 0.29) is 23.9 Å². The normalized spacial score (nSPS) is 20.6. The Morgan fingerprint density at radius 1 is 1.19 bits per heavy atom. The molecule has 6 heteroatoms. The van der Waals surface area contributed by atoms with E-state index in [1.165, 1.54) is 10.5 Å². The van der Waals surface area contributed by atoms with Gasteiger partial charge in [0.15, 0.2) is 0 Å². The number of thiazole rings is 1. The Morgan fingerprint density at radius 3 is 2.38 bits per heavy atom. The van der Waals surface area contributed by atoms with E-state index in [0.29, 0.717) is 0 Å². The minimum Gasteiger partial charge on any atom is -0.319 e. The van der Waals surface area contributed by atoms with Gasteiger partial charge in [-0.3, -0.25) is 9.69 Å². The summed E-state index contributed by atoms with van der Waals surface area (Å²) >= 11 is 1.55. The molecule has 1 fully saturated rings. The van der Waals surface area contributed by atoms with Gasteiger partial charge in [-0.2, -0.15) is 0 Å². The van der Waals surface area contributed by atoms with Crippen LogP contribution in [0.2, 0.25) is 0 Å². The van der Waals surface area contributed by atoms with Crippen LogP contribution in [-0.2, 0) is 28.7 Å². The summed E-state index contributed by atoms with van der Waals surface area (Å²) in [5, 5.41) is 5.78. The van der Waals surface area contributed by atoms with Crippen molar-refractivity contribution in [2.75, 3.05) is 0 Å². The number of hydrogen-bond donors (Lipinski definition) is 1. The van der Waals surface area contributed by atoms with E-state index in [4.69, 9.17) is 0 Å². The highest BCUT2D eigenvalue weighted by Gasteiger charge is 2.49. The number of aromatic nitrogens is 1. The first-order chi connectivity index (χ1) is 12.1. The van der Waals surface area contributed by atoms with E-state index in [0.717, 1.165) is 22.7 Å². The zero-order chi connectivity index (χ0) is 19.1. The fraction of sp³-hybridized carbons (Fsp3) is 0.450.